The van der Waals surface area contributed by atoms with E-state index in [4.69, 9.17) is 9.47 Å². The molecule has 1 unspecified atom stereocenters. The summed E-state index contributed by atoms with van der Waals surface area (Å²) in [5.74, 6) is 1.59. The molecule has 0 amide bonds. The van der Waals surface area contributed by atoms with Gasteiger partial charge in [-0.05, 0) is 30.5 Å². The highest BCUT2D eigenvalue weighted by Crippen LogP contribution is 2.31. The van der Waals surface area contributed by atoms with Crippen LogP contribution in [-0.4, -0.2) is 51.6 Å². The maximum absolute atomic E-state index is 9.27. The fourth-order valence-electron chi connectivity index (χ4n) is 2.77. The summed E-state index contributed by atoms with van der Waals surface area (Å²) in [6.07, 6.45) is 1.71. The monoisotopic (exact) mass is 321 g/mol. The quantitative estimate of drug-likeness (QED) is 0.519. The summed E-state index contributed by atoms with van der Waals surface area (Å²) in [7, 11) is 3.42. The van der Waals surface area contributed by atoms with E-state index >= 15 is 0 Å². The fourth-order valence-corrected chi connectivity index (χ4v) is 2.77. The van der Waals surface area contributed by atoms with E-state index in [-0.39, 0.29) is 12.0 Å². The van der Waals surface area contributed by atoms with Crippen LogP contribution >= 0.6 is 0 Å². The van der Waals surface area contributed by atoms with Crippen molar-refractivity contribution in [2.24, 2.45) is 10.4 Å². The van der Waals surface area contributed by atoms with Crippen LogP contribution in [0.2, 0.25) is 0 Å². The number of methoxy groups -OCH3 is 1. The first-order valence-corrected chi connectivity index (χ1v) is 7.97. The van der Waals surface area contributed by atoms with Gasteiger partial charge in [-0.1, -0.05) is 12.1 Å². The van der Waals surface area contributed by atoms with Gasteiger partial charge in [-0.2, -0.15) is 0 Å². The zero-order chi connectivity index (χ0) is 16.5. The normalized spacial score (nSPS) is 21.3. The van der Waals surface area contributed by atoms with Crippen LogP contribution in [0.3, 0.4) is 0 Å². The Bertz CT molecular complexity index is 514. The van der Waals surface area contributed by atoms with E-state index in [0.717, 1.165) is 43.3 Å². The number of guanidine groups is 1. The molecule has 0 spiro atoms. The molecular formula is C17H27N3O3. The maximum atomic E-state index is 9.27. The van der Waals surface area contributed by atoms with Crippen LogP contribution in [0, 0.1) is 5.41 Å². The van der Waals surface area contributed by atoms with Crippen molar-refractivity contribution >= 4 is 5.96 Å². The lowest BCUT2D eigenvalue weighted by molar-refractivity contribution is 0.127. The summed E-state index contributed by atoms with van der Waals surface area (Å²) in [6, 6.07) is 7.94. The first kappa shape index (κ1) is 17.6. The number of rotatable bonds is 7. The number of nitrogens with zero attached hydrogens (tertiary/aromatic N) is 1. The zero-order valence-electron chi connectivity index (χ0n) is 14.0. The molecule has 1 aromatic carbocycles. The Kier molecular flexibility index (Phi) is 6.67. The predicted octanol–water partition coefficient (Wildman–Crippen LogP) is 1.15. The van der Waals surface area contributed by atoms with E-state index in [0.29, 0.717) is 13.2 Å². The van der Waals surface area contributed by atoms with E-state index in [1.54, 1.807) is 14.2 Å². The van der Waals surface area contributed by atoms with Crippen molar-refractivity contribution in [3.8, 4) is 5.75 Å². The molecule has 1 aliphatic rings. The third-order valence-electron chi connectivity index (χ3n) is 4.28. The number of hydrogen-bond acceptors (Lipinski definition) is 4. The minimum Gasteiger partial charge on any atom is -0.497 e. The lowest BCUT2D eigenvalue weighted by atomic mass is 9.84. The molecule has 1 saturated heterocycles. The van der Waals surface area contributed by atoms with E-state index in [1.807, 2.05) is 24.3 Å². The maximum Gasteiger partial charge on any atom is 0.191 e. The van der Waals surface area contributed by atoms with Gasteiger partial charge in [0.1, 0.15) is 5.75 Å². The highest BCUT2D eigenvalue weighted by molar-refractivity contribution is 5.79. The zero-order valence-corrected chi connectivity index (χ0v) is 14.0. The number of aliphatic hydroxyl groups excluding tert-OH is 1. The number of hydrogen-bond donors (Lipinski definition) is 3. The van der Waals surface area contributed by atoms with Gasteiger partial charge in [-0.25, -0.2) is 0 Å². The third-order valence-corrected chi connectivity index (χ3v) is 4.28. The lowest BCUT2D eigenvalue weighted by Gasteiger charge is -2.27. The van der Waals surface area contributed by atoms with E-state index in [9.17, 15) is 5.11 Å². The van der Waals surface area contributed by atoms with Crippen LogP contribution in [0.1, 0.15) is 18.4 Å². The van der Waals surface area contributed by atoms with Gasteiger partial charge >= 0.3 is 0 Å². The molecule has 1 heterocycles. The van der Waals surface area contributed by atoms with E-state index in [2.05, 4.69) is 15.6 Å². The Hall–Kier alpha value is -1.79. The molecule has 2 rings (SSSR count). The first-order chi connectivity index (χ1) is 11.2. The molecule has 3 N–H and O–H groups in total. The van der Waals surface area contributed by atoms with Crippen molar-refractivity contribution in [1.82, 2.24) is 10.6 Å². The number of benzene rings is 1. The molecule has 6 heteroatoms. The van der Waals surface area contributed by atoms with Gasteiger partial charge < -0.3 is 25.2 Å². The molecule has 6 nitrogen and oxygen atoms in total. The number of nitrogens with one attached hydrogen (secondary N) is 2. The fraction of sp³-hybridized carbons (Fsp3) is 0.588. The molecular weight excluding hydrogens is 294 g/mol. The summed E-state index contributed by atoms with van der Waals surface area (Å²) in [4.78, 5) is 4.26. The second-order valence-electron chi connectivity index (χ2n) is 5.91. The molecule has 1 fully saturated rings. The standard InChI is InChI=1S/C17H27N3O3/c1-18-16(19-11-14-4-3-5-15(10-14)22-2)20-12-17(6-8-21)7-9-23-13-17/h3-5,10,21H,6-9,11-13H2,1-2H3,(H2,18,19,20). The molecule has 0 aliphatic carbocycles. The van der Waals surface area contributed by atoms with Gasteiger partial charge in [0.15, 0.2) is 5.96 Å². The average Bonchev–Trinajstić information content (AvgIpc) is 3.04. The third kappa shape index (κ3) is 5.11. The van der Waals surface area contributed by atoms with Gasteiger partial charge in [0.05, 0.1) is 13.7 Å². The van der Waals surface area contributed by atoms with Gasteiger partial charge in [-0.15, -0.1) is 0 Å². The van der Waals surface area contributed by atoms with E-state index in [1.165, 1.54) is 0 Å². The Balaban J connectivity index is 1.85. The van der Waals surface area contributed by atoms with Crippen LogP contribution in [0.4, 0.5) is 0 Å². The molecule has 0 radical (unpaired) electrons. The van der Waals surface area contributed by atoms with Crippen molar-refractivity contribution in [3.63, 3.8) is 0 Å². The summed E-state index contributed by atoms with van der Waals surface area (Å²) in [5, 5.41) is 15.9. The Labute approximate surface area is 137 Å². The molecule has 1 aliphatic heterocycles. The van der Waals surface area contributed by atoms with Crippen molar-refractivity contribution in [3.05, 3.63) is 29.8 Å². The Morgan fingerprint density at radius 1 is 1.43 bits per heavy atom. The van der Waals surface area contributed by atoms with Crippen molar-refractivity contribution in [2.45, 2.75) is 19.4 Å². The van der Waals surface area contributed by atoms with E-state index < -0.39 is 0 Å². The molecule has 0 bridgehead atoms. The summed E-state index contributed by atoms with van der Waals surface area (Å²) in [6.45, 7) is 3.04. The van der Waals surface area contributed by atoms with Gasteiger partial charge in [-0.3, -0.25) is 4.99 Å². The molecule has 23 heavy (non-hydrogen) atoms. The van der Waals surface area contributed by atoms with Crippen molar-refractivity contribution in [1.29, 1.82) is 0 Å². The molecule has 1 atom stereocenters. The van der Waals surface area contributed by atoms with Crippen LogP contribution in [-0.2, 0) is 11.3 Å². The summed E-state index contributed by atoms with van der Waals surface area (Å²) < 4.78 is 10.7. The Morgan fingerprint density at radius 2 is 2.30 bits per heavy atom. The lowest BCUT2D eigenvalue weighted by Crippen LogP contribution is -2.44. The topological polar surface area (TPSA) is 75.1 Å². The summed E-state index contributed by atoms with van der Waals surface area (Å²) >= 11 is 0. The number of aliphatic imine (C=N–C) groups is 1. The molecule has 128 valence electrons. The van der Waals surface area contributed by atoms with Crippen molar-refractivity contribution < 1.29 is 14.6 Å². The van der Waals surface area contributed by atoms with Crippen LogP contribution < -0.4 is 15.4 Å². The number of ether oxygens (including phenoxy) is 2. The first-order valence-electron chi connectivity index (χ1n) is 7.97. The SMILES string of the molecule is CN=C(NCc1cccc(OC)c1)NCC1(CCO)CCOC1. The number of aliphatic hydroxyl groups is 1. The van der Waals surface area contributed by atoms with Crippen molar-refractivity contribution in [2.75, 3.05) is 40.5 Å². The molecule has 0 saturated carbocycles. The average molecular weight is 321 g/mol. The summed E-state index contributed by atoms with van der Waals surface area (Å²) in [5.41, 5.74) is 1.13. The molecule has 0 aromatic heterocycles. The van der Waals surface area contributed by atoms with Gasteiger partial charge in [0.2, 0.25) is 0 Å². The van der Waals surface area contributed by atoms with Crippen LogP contribution in [0.25, 0.3) is 0 Å². The second kappa shape index (κ2) is 8.74. The highest BCUT2D eigenvalue weighted by atomic mass is 16.5. The largest absolute Gasteiger partial charge is 0.497 e. The Morgan fingerprint density at radius 3 is 2.96 bits per heavy atom. The van der Waals surface area contributed by atoms with Gasteiger partial charge in [0, 0.05) is 38.8 Å². The minimum absolute atomic E-state index is 0.00232. The highest BCUT2D eigenvalue weighted by Gasteiger charge is 2.34. The second-order valence-corrected chi connectivity index (χ2v) is 5.91. The smallest absolute Gasteiger partial charge is 0.191 e. The minimum atomic E-state index is 0.00232. The van der Waals surface area contributed by atoms with Crippen LogP contribution in [0.15, 0.2) is 29.3 Å². The molecule has 1 aromatic rings. The van der Waals surface area contributed by atoms with Gasteiger partial charge in [0.25, 0.3) is 0 Å². The van der Waals surface area contributed by atoms with Crippen LogP contribution in [0.5, 0.6) is 5.75 Å². The predicted molar refractivity (Wildman–Crippen MR) is 90.8 cm³/mol.